The molecular formula is C10H17F3N2O2. The lowest BCUT2D eigenvalue weighted by Gasteiger charge is -2.34. The molecule has 100 valence electrons. The van der Waals surface area contributed by atoms with Gasteiger partial charge in [0.15, 0.2) is 6.61 Å². The normalized spacial score (nSPS) is 20.0. The molecule has 0 saturated heterocycles. The van der Waals surface area contributed by atoms with E-state index in [4.69, 9.17) is 5.73 Å². The lowest BCUT2D eigenvalue weighted by molar-refractivity contribution is -0.195. The maximum absolute atomic E-state index is 11.8. The Bertz CT molecular complexity index is 263. The third-order valence-corrected chi connectivity index (χ3v) is 3.08. The number of alkyl halides is 3. The molecule has 3 N–H and O–H groups in total. The van der Waals surface area contributed by atoms with Crippen molar-refractivity contribution in [3.63, 3.8) is 0 Å². The lowest BCUT2D eigenvalue weighted by atomic mass is 9.73. The number of nitrogens with one attached hydrogen (secondary N) is 1. The summed E-state index contributed by atoms with van der Waals surface area (Å²) in [6.07, 6.45) is -0.489. The Kier molecular flexibility index (Phi) is 4.76. The van der Waals surface area contributed by atoms with Gasteiger partial charge in [0.25, 0.3) is 5.91 Å². The molecular weight excluding hydrogens is 237 g/mol. The Balaban J connectivity index is 2.44. The highest BCUT2D eigenvalue weighted by Gasteiger charge is 2.39. The Morgan fingerprint density at radius 2 is 1.88 bits per heavy atom. The summed E-state index contributed by atoms with van der Waals surface area (Å²) in [7, 11) is 0. The van der Waals surface area contributed by atoms with E-state index in [-0.39, 0.29) is 6.54 Å². The zero-order valence-corrected chi connectivity index (χ0v) is 9.48. The van der Waals surface area contributed by atoms with E-state index in [0.29, 0.717) is 12.8 Å². The van der Waals surface area contributed by atoms with Crippen LogP contribution in [0.15, 0.2) is 0 Å². The van der Waals surface area contributed by atoms with Crippen molar-refractivity contribution in [1.82, 2.24) is 5.48 Å². The Morgan fingerprint density at radius 1 is 1.29 bits per heavy atom. The average molecular weight is 254 g/mol. The summed E-state index contributed by atoms with van der Waals surface area (Å²) in [6.45, 7) is -1.35. The van der Waals surface area contributed by atoms with Crippen LogP contribution in [-0.2, 0) is 9.63 Å². The van der Waals surface area contributed by atoms with Gasteiger partial charge >= 0.3 is 6.18 Å². The monoisotopic (exact) mass is 254 g/mol. The van der Waals surface area contributed by atoms with E-state index in [2.05, 4.69) is 4.84 Å². The molecule has 1 aliphatic rings. The fourth-order valence-electron chi connectivity index (χ4n) is 2.04. The highest BCUT2D eigenvalue weighted by atomic mass is 19.4. The minimum Gasteiger partial charge on any atom is -0.329 e. The predicted octanol–water partition coefficient (Wildman–Crippen LogP) is 1.51. The maximum atomic E-state index is 11.8. The van der Waals surface area contributed by atoms with Crippen molar-refractivity contribution in [3.8, 4) is 0 Å². The number of amides is 1. The molecule has 7 heteroatoms. The highest BCUT2D eigenvalue weighted by molar-refractivity contribution is 5.82. The third-order valence-electron chi connectivity index (χ3n) is 3.08. The van der Waals surface area contributed by atoms with Gasteiger partial charge < -0.3 is 5.73 Å². The van der Waals surface area contributed by atoms with Gasteiger partial charge in [0, 0.05) is 6.54 Å². The van der Waals surface area contributed by atoms with Crippen LogP contribution in [0.3, 0.4) is 0 Å². The molecule has 0 spiro atoms. The van der Waals surface area contributed by atoms with E-state index >= 15 is 0 Å². The number of hydrogen-bond donors (Lipinski definition) is 2. The van der Waals surface area contributed by atoms with Crippen LogP contribution in [0, 0.1) is 5.41 Å². The Labute approximate surface area is 97.6 Å². The van der Waals surface area contributed by atoms with Gasteiger partial charge in [-0.25, -0.2) is 5.48 Å². The molecule has 0 aliphatic heterocycles. The van der Waals surface area contributed by atoms with Crippen LogP contribution in [0.5, 0.6) is 0 Å². The molecule has 0 bridgehead atoms. The van der Waals surface area contributed by atoms with Crippen LogP contribution >= 0.6 is 0 Å². The van der Waals surface area contributed by atoms with Crippen LogP contribution in [0.1, 0.15) is 32.1 Å². The first-order valence-corrected chi connectivity index (χ1v) is 5.59. The Morgan fingerprint density at radius 3 is 2.35 bits per heavy atom. The summed E-state index contributed by atoms with van der Waals surface area (Å²) >= 11 is 0. The van der Waals surface area contributed by atoms with Crippen molar-refractivity contribution in [1.29, 1.82) is 0 Å². The number of nitrogens with two attached hydrogens (primary N) is 1. The number of hydrogen-bond acceptors (Lipinski definition) is 3. The first kappa shape index (κ1) is 14.2. The van der Waals surface area contributed by atoms with Crippen LogP contribution in [0.2, 0.25) is 0 Å². The fourth-order valence-corrected chi connectivity index (χ4v) is 2.04. The van der Waals surface area contributed by atoms with Gasteiger partial charge in [-0.15, -0.1) is 0 Å². The largest absolute Gasteiger partial charge is 0.414 e. The van der Waals surface area contributed by atoms with Crippen LogP contribution in [0.25, 0.3) is 0 Å². The van der Waals surface area contributed by atoms with Gasteiger partial charge in [0.2, 0.25) is 0 Å². The molecule has 1 rings (SSSR count). The van der Waals surface area contributed by atoms with Crippen molar-refractivity contribution >= 4 is 5.91 Å². The summed E-state index contributed by atoms with van der Waals surface area (Å²) in [5, 5.41) is 0. The number of hydroxylamine groups is 1. The van der Waals surface area contributed by atoms with Crippen LogP contribution < -0.4 is 11.2 Å². The lowest BCUT2D eigenvalue weighted by Crippen LogP contribution is -2.47. The number of carbonyl (C=O) groups excluding carboxylic acids is 1. The molecule has 17 heavy (non-hydrogen) atoms. The van der Waals surface area contributed by atoms with Crippen molar-refractivity contribution < 1.29 is 22.8 Å². The van der Waals surface area contributed by atoms with Crippen molar-refractivity contribution in [3.05, 3.63) is 0 Å². The summed E-state index contributed by atoms with van der Waals surface area (Å²) in [5.41, 5.74) is 6.66. The molecule has 4 nitrogen and oxygen atoms in total. The maximum Gasteiger partial charge on any atom is 0.414 e. The number of carbonyl (C=O) groups is 1. The molecule has 1 aliphatic carbocycles. The van der Waals surface area contributed by atoms with E-state index < -0.39 is 24.1 Å². The van der Waals surface area contributed by atoms with Crippen LogP contribution in [0.4, 0.5) is 13.2 Å². The smallest absolute Gasteiger partial charge is 0.329 e. The second-order valence-corrected chi connectivity index (χ2v) is 4.38. The van der Waals surface area contributed by atoms with E-state index in [1.807, 2.05) is 5.48 Å². The number of halogens is 3. The van der Waals surface area contributed by atoms with Crippen molar-refractivity contribution in [2.24, 2.45) is 11.1 Å². The van der Waals surface area contributed by atoms with Gasteiger partial charge in [0.1, 0.15) is 0 Å². The van der Waals surface area contributed by atoms with Gasteiger partial charge in [-0.05, 0) is 12.8 Å². The molecule has 0 unspecified atom stereocenters. The zero-order chi connectivity index (χ0) is 12.9. The molecule has 0 radical (unpaired) electrons. The highest BCUT2D eigenvalue weighted by Crippen LogP contribution is 2.35. The number of rotatable bonds is 4. The first-order chi connectivity index (χ1) is 7.90. The summed E-state index contributed by atoms with van der Waals surface area (Å²) in [6, 6.07) is 0. The first-order valence-electron chi connectivity index (χ1n) is 5.59. The van der Waals surface area contributed by atoms with Crippen molar-refractivity contribution in [2.45, 2.75) is 38.3 Å². The molecule has 0 atom stereocenters. The van der Waals surface area contributed by atoms with Crippen molar-refractivity contribution in [2.75, 3.05) is 13.2 Å². The van der Waals surface area contributed by atoms with E-state index in [9.17, 15) is 18.0 Å². The van der Waals surface area contributed by atoms with E-state index in [1.54, 1.807) is 0 Å². The van der Waals surface area contributed by atoms with Gasteiger partial charge in [0.05, 0.1) is 5.41 Å². The third kappa shape index (κ3) is 4.16. The minimum atomic E-state index is -4.45. The second-order valence-electron chi connectivity index (χ2n) is 4.38. The van der Waals surface area contributed by atoms with Gasteiger partial charge in [-0.1, -0.05) is 19.3 Å². The molecule has 0 aromatic carbocycles. The average Bonchev–Trinajstić information content (AvgIpc) is 2.28. The quantitative estimate of drug-likeness (QED) is 0.747. The molecule has 1 saturated carbocycles. The SMILES string of the molecule is NCC1(C(=O)NOCC(F)(F)F)CCCCC1. The standard InChI is InChI=1S/C10H17F3N2O2/c11-10(12,13)7-17-15-8(16)9(6-14)4-2-1-3-5-9/h1-7,14H2,(H,15,16). The van der Waals surface area contributed by atoms with E-state index in [1.165, 1.54) is 0 Å². The zero-order valence-electron chi connectivity index (χ0n) is 9.48. The van der Waals surface area contributed by atoms with E-state index in [0.717, 1.165) is 19.3 Å². The molecule has 1 amide bonds. The molecule has 1 fully saturated rings. The summed E-state index contributed by atoms with van der Waals surface area (Å²) in [5.74, 6) is -0.538. The van der Waals surface area contributed by atoms with Gasteiger partial charge in [-0.3, -0.25) is 9.63 Å². The summed E-state index contributed by atoms with van der Waals surface area (Å²) in [4.78, 5) is 15.9. The Hall–Kier alpha value is -0.820. The molecule has 0 aromatic rings. The van der Waals surface area contributed by atoms with Crippen LogP contribution in [-0.4, -0.2) is 25.2 Å². The molecule has 0 heterocycles. The predicted molar refractivity (Wildman–Crippen MR) is 54.7 cm³/mol. The minimum absolute atomic E-state index is 0.133. The second kappa shape index (κ2) is 5.68. The van der Waals surface area contributed by atoms with Gasteiger partial charge in [-0.2, -0.15) is 13.2 Å². The topological polar surface area (TPSA) is 64.4 Å². The summed E-state index contributed by atoms with van der Waals surface area (Å²) < 4.78 is 35.5. The molecule has 0 aromatic heterocycles. The fraction of sp³-hybridized carbons (Fsp3) is 0.900.